The maximum atomic E-state index is 13.6. The van der Waals surface area contributed by atoms with E-state index in [0.717, 1.165) is 14.6 Å². The average molecular weight is 393 g/mol. The van der Waals surface area contributed by atoms with Crippen molar-refractivity contribution in [3.05, 3.63) is 61.7 Å². The fourth-order valence-electron chi connectivity index (χ4n) is 1.52. The summed E-state index contributed by atoms with van der Waals surface area (Å²) in [5.74, 6) is -0.303. The van der Waals surface area contributed by atoms with E-state index in [1.165, 1.54) is 6.07 Å². The maximum absolute atomic E-state index is 13.6. The van der Waals surface area contributed by atoms with Gasteiger partial charge in [-0.3, -0.25) is 0 Å². The van der Waals surface area contributed by atoms with E-state index in [4.69, 9.17) is 11.6 Å². The van der Waals surface area contributed by atoms with Crippen LogP contribution in [0.5, 0.6) is 0 Å². The van der Waals surface area contributed by atoms with Crippen LogP contribution in [-0.2, 0) is 6.54 Å². The molecule has 1 N–H and O–H groups in total. The lowest BCUT2D eigenvalue weighted by Gasteiger charge is -2.10. The largest absolute Gasteiger partial charge is 0.380 e. The first kappa shape index (κ1) is 13.8. The zero-order valence-electron chi connectivity index (χ0n) is 9.18. The first-order valence-corrected chi connectivity index (χ1v) is 7.16. The van der Waals surface area contributed by atoms with Crippen molar-refractivity contribution in [2.24, 2.45) is 0 Å². The maximum Gasteiger partial charge on any atom is 0.129 e. The van der Waals surface area contributed by atoms with Gasteiger partial charge in [-0.15, -0.1) is 0 Å². The van der Waals surface area contributed by atoms with Crippen molar-refractivity contribution in [3.63, 3.8) is 0 Å². The highest BCUT2D eigenvalue weighted by Crippen LogP contribution is 2.27. The minimum atomic E-state index is -0.303. The van der Waals surface area contributed by atoms with Crippen molar-refractivity contribution in [2.45, 2.75) is 6.54 Å². The van der Waals surface area contributed by atoms with Gasteiger partial charge in [-0.2, -0.15) is 0 Å². The summed E-state index contributed by atoms with van der Waals surface area (Å²) in [6.07, 6.45) is 0. The Kier molecular flexibility index (Phi) is 4.65. The molecule has 0 amide bonds. The SMILES string of the molecule is Fc1cccc(Cl)c1CNc1ccc(Br)cc1Br. The quantitative estimate of drug-likeness (QED) is 0.714. The van der Waals surface area contributed by atoms with Gasteiger partial charge in [0.15, 0.2) is 0 Å². The van der Waals surface area contributed by atoms with Gasteiger partial charge >= 0.3 is 0 Å². The smallest absolute Gasteiger partial charge is 0.129 e. The summed E-state index contributed by atoms with van der Waals surface area (Å²) in [6, 6.07) is 10.4. The Morgan fingerprint density at radius 3 is 2.61 bits per heavy atom. The van der Waals surface area contributed by atoms with Crippen LogP contribution in [0.25, 0.3) is 0 Å². The zero-order valence-corrected chi connectivity index (χ0v) is 13.1. The number of benzene rings is 2. The summed E-state index contributed by atoms with van der Waals surface area (Å²) in [7, 11) is 0. The molecule has 0 unspecified atom stereocenters. The highest BCUT2D eigenvalue weighted by Gasteiger charge is 2.07. The third-order valence-corrected chi connectivity index (χ3v) is 3.95. The molecule has 0 fully saturated rings. The topological polar surface area (TPSA) is 12.0 Å². The predicted molar refractivity (Wildman–Crippen MR) is 80.6 cm³/mol. The molecule has 2 aromatic rings. The van der Waals surface area contributed by atoms with Crippen molar-refractivity contribution in [1.29, 1.82) is 0 Å². The van der Waals surface area contributed by atoms with Crippen LogP contribution in [0.1, 0.15) is 5.56 Å². The Morgan fingerprint density at radius 1 is 1.17 bits per heavy atom. The van der Waals surface area contributed by atoms with Gasteiger partial charge in [0.1, 0.15) is 5.82 Å². The van der Waals surface area contributed by atoms with Crippen molar-refractivity contribution in [1.82, 2.24) is 0 Å². The summed E-state index contributed by atoms with van der Waals surface area (Å²) in [6.45, 7) is 0.339. The Labute approximate surface area is 127 Å². The molecule has 1 nitrogen and oxygen atoms in total. The zero-order chi connectivity index (χ0) is 13.1. The third-order valence-electron chi connectivity index (χ3n) is 2.45. The second-order valence-electron chi connectivity index (χ2n) is 3.68. The minimum absolute atomic E-state index is 0.303. The molecule has 0 aliphatic rings. The third kappa shape index (κ3) is 3.25. The number of halogens is 4. The number of hydrogen-bond donors (Lipinski definition) is 1. The van der Waals surface area contributed by atoms with E-state index in [1.807, 2.05) is 18.2 Å². The number of anilines is 1. The van der Waals surface area contributed by atoms with Gasteiger partial charge in [-0.25, -0.2) is 4.39 Å². The van der Waals surface area contributed by atoms with Crippen LogP contribution in [-0.4, -0.2) is 0 Å². The molecule has 2 rings (SSSR count). The molecule has 0 heterocycles. The van der Waals surface area contributed by atoms with Crippen molar-refractivity contribution >= 4 is 49.1 Å². The van der Waals surface area contributed by atoms with Crippen molar-refractivity contribution in [3.8, 4) is 0 Å². The van der Waals surface area contributed by atoms with Gasteiger partial charge in [0, 0.05) is 31.8 Å². The second-order valence-corrected chi connectivity index (χ2v) is 5.86. The molecule has 0 saturated heterocycles. The molecule has 0 aromatic heterocycles. The average Bonchev–Trinajstić information content (AvgIpc) is 2.31. The second kappa shape index (κ2) is 6.04. The van der Waals surface area contributed by atoms with Gasteiger partial charge < -0.3 is 5.32 Å². The predicted octanol–water partition coefficient (Wildman–Crippen LogP) is 5.62. The number of hydrogen-bond acceptors (Lipinski definition) is 1. The van der Waals surface area contributed by atoms with Crippen LogP contribution in [0.3, 0.4) is 0 Å². The van der Waals surface area contributed by atoms with Crippen LogP contribution in [0.2, 0.25) is 5.02 Å². The molecule has 0 saturated carbocycles. The van der Waals surface area contributed by atoms with E-state index in [2.05, 4.69) is 37.2 Å². The first-order chi connectivity index (χ1) is 8.58. The monoisotopic (exact) mass is 391 g/mol. The summed E-state index contributed by atoms with van der Waals surface area (Å²) in [5.41, 5.74) is 1.35. The van der Waals surface area contributed by atoms with E-state index in [9.17, 15) is 4.39 Å². The lowest BCUT2D eigenvalue weighted by Crippen LogP contribution is -2.03. The molecule has 0 aliphatic heterocycles. The van der Waals surface area contributed by atoms with E-state index in [1.54, 1.807) is 12.1 Å². The minimum Gasteiger partial charge on any atom is -0.380 e. The molecule has 2 aromatic carbocycles. The van der Waals surface area contributed by atoms with Gasteiger partial charge in [0.2, 0.25) is 0 Å². The molecule has 5 heteroatoms. The van der Waals surface area contributed by atoms with E-state index in [-0.39, 0.29) is 5.82 Å². The van der Waals surface area contributed by atoms with Crippen LogP contribution in [0, 0.1) is 5.82 Å². The molecule has 0 spiro atoms. The number of nitrogens with one attached hydrogen (secondary N) is 1. The van der Waals surface area contributed by atoms with E-state index in [0.29, 0.717) is 17.1 Å². The Hall–Kier alpha value is -0.580. The van der Waals surface area contributed by atoms with Gasteiger partial charge in [-0.1, -0.05) is 33.6 Å². The highest BCUT2D eigenvalue weighted by molar-refractivity contribution is 9.11. The lowest BCUT2D eigenvalue weighted by molar-refractivity contribution is 0.613. The summed E-state index contributed by atoms with van der Waals surface area (Å²) in [4.78, 5) is 0. The molecular formula is C13H9Br2ClFN. The van der Waals surface area contributed by atoms with E-state index >= 15 is 0 Å². The van der Waals surface area contributed by atoms with Crippen LogP contribution in [0.15, 0.2) is 45.3 Å². The summed E-state index contributed by atoms with van der Waals surface area (Å²) in [5, 5.41) is 3.57. The molecule has 0 bridgehead atoms. The Morgan fingerprint density at radius 2 is 1.94 bits per heavy atom. The van der Waals surface area contributed by atoms with Crippen LogP contribution in [0.4, 0.5) is 10.1 Å². The molecule has 18 heavy (non-hydrogen) atoms. The number of rotatable bonds is 3. The van der Waals surface area contributed by atoms with E-state index < -0.39 is 0 Å². The fourth-order valence-corrected chi connectivity index (χ4v) is 2.93. The van der Waals surface area contributed by atoms with Crippen molar-refractivity contribution < 1.29 is 4.39 Å². The van der Waals surface area contributed by atoms with Crippen LogP contribution >= 0.6 is 43.5 Å². The summed E-state index contributed by atoms with van der Waals surface area (Å²) < 4.78 is 15.5. The van der Waals surface area contributed by atoms with Crippen molar-refractivity contribution in [2.75, 3.05) is 5.32 Å². The highest BCUT2D eigenvalue weighted by atomic mass is 79.9. The molecule has 0 atom stereocenters. The standard InChI is InChI=1S/C13H9Br2ClFN/c14-8-4-5-13(10(15)6-8)18-7-9-11(16)2-1-3-12(9)17/h1-6,18H,7H2. The Balaban J connectivity index is 2.16. The Bertz CT molecular complexity index is 555. The molecule has 0 aliphatic carbocycles. The normalized spacial score (nSPS) is 10.4. The molecule has 94 valence electrons. The fraction of sp³-hybridized carbons (Fsp3) is 0.0769. The van der Waals surface area contributed by atoms with Gasteiger partial charge in [-0.05, 0) is 46.3 Å². The molecular weight excluding hydrogens is 384 g/mol. The molecule has 0 radical (unpaired) electrons. The van der Waals surface area contributed by atoms with Crippen LogP contribution < -0.4 is 5.32 Å². The first-order valence-electron chi connectivity index (χ1n) is 5.20. The lowest BCUT2D eigenvalue weighted by atomic mass is 10.2. The van der Waals surface area contributed by atoms with Gasteiger partial charge in [0.05, 0.1) is 0 Å². The van der Waals surface area contributed by atoms with Gasteiger partial charge in [0.25, 0.3) is 0 Å². The summed E-state index contributed by atoms with van der Waals surface area (Å²) >= 11 is 12.8.